The van der Waals surface area contributed by atoms with Crippen molar-refractivity contribution in [1.82, 2.24) is 4.57 Å². The lowest BCUT2D eigenvalue weighted by Gasteiger charge is -2.02. The van der Waals surface area contributed by atoms with Gasteiger partial charge in [-0.1, -0.05) is 24.1 Å². The Labute approximate surface area is 96.1 Å². The third-order valence-corrected chi connectivity index (χ3v) is 2.67. The van der Waals surface area contributed by atoms with E-state index in [4.69, 9.17) is 12.2 Å². The summed E-state index contributed by atoms with van der Waals surface area (Å²) in [7, 11) is 0. The topological polar surface area (TPSA) is 30.9 Å². The van der Waals surface area contributed by atoms with Gasteiger partial charge in [0.05, 0.1) is 6.54 Å². The molecular weight excluding hydrogens is 196 g/mol. The number of hydrogen-bond donors (Lipinski definition) is 1. The number of hydrogen-bond acceptors (Lipinski definition) is 1. The normalized spacial score (nSPS) is 12.6. The van der Waals surface area contributed by atoms with Crippen LogP contribution >= 0.6 is 0 Å². The number of benzene rings is 1. The molecule has 16 heavy (non-hydrogen) atoms. The van der Waals surface area contributed by atoms with Crippen molar-refractivity contribution in [3.63, 3.8) is 0 Å². The lowest BCUT2D eigenvalue weighted by molar-refractivity contribution is 0.737. The first-order valence-corrected chi connectivity index (χ1v) is 5.48. The molecule has 2 heteroatoms. The van der Waals surface area contributed by atoms with Crippen molar-refractivity contribution in [2.45, 2.75) is 25.9 Å². The average Bonchev–Trinajstić information content (AvgIpc) is 2.58. The average molecular weight is 212 g/mol. The highest BCUT2D eigenvalue weighted by Gasteiger charge is 2.08. The molecule has 0 saturated heterocycles. The van der Waals surface area contributed by atoms with Crippen molar-refractivity contribution in [2.24, 2.45) is 5.73 Å². The van der Waals surface area contributed by atoms with E-state index in [2.05, 4.69) is 28.8 Å². The predicted molar refractivity (Wildman–Crippen MR) is 68.1 cm³/mol. The Morgan fingerprint density at radius 1 is 1.44 bits per heavy atom. The van der Waals surface area contributed by atoms with Gasteiger partial charge in [-0.2, -0.15) is 0 Å². The molecule has 82 valence electrons. The maximum atomic E-state index is 5.85. The molecule has 1 heterocycles. The Bertz CT molecular complexity index is 529. The summed E-state index contributed by atoms with van der Waals surface area (Å²) in [5.41, 5.74) is 8.32. The quantitative estimate of drug-likeness (QED) is 0.777. The molecule has 0 aliphatic rings. The summed E-state index contributed by atoms with van der Waals surface area (Å²) in [6, 6.07) is 8.47. The first kappa shape index (κ1) is 10.8. The molecule has 0 spiro atoms. The molecule has 0 fully saturated rings. The summed E-state index contributed by atoms with van der Waals surface area (Å²) in [5, 5.41) is 1.26. The van der Waals surface area contributed by atoms with E-state index in [1.165, 1.54) is 16.5 Å². The fourth-order valence-corrected chi connectivity index (χ4v) is 2.06. The van der Waals surface area contributed by atoms with Crippen LogP contribution in [-0.2, 0) is 13.0 Å². The van der Waals surface area contributed by atoms with Crippen LogP contribution in [0.4, 0.5) is 0 Å². The monoisotopic (exact) mass is 212 g/mol. The van der Waals surface area contributed by atoms with Gasteiger partial charge in [0.1, 0.15) is 0 Å². The van der Waals surface area contributed by atoms with Crippen LogP contribution in [0.15, 0.2) is 30.5 Å². The molecule has 1 atom stereocenters. The molecule has 2 N–H and O–H groups in total. The summed E-state index contributed by atoms with van der Waals surface area (Å²) in [6.45, 7) is 2.63. The summed E-state index contributed by atoms with van der Waals surface area (Å²) in [6.07, 6.45) is 8.37. The van der Waals surface area contributed by atoms with Gasteiger partial charge >= 0.3 is 0 Å². The van der Waals surface area contributed by atoms with Crippen LogP contribution < -0.4 is 5.73 Å². The fraction of sp³-hybridized carbons (Fsp3) is 0.286. The molecule has 1 aromatic heterocycles. The number of para-hydroxylation sites is 1. The minimum absolute atomic E-state index is 0.171. The fourth-order valence-electron chi connectivity index (χ4n) is 2.06. The van der Waals surface area contributed by atoms with Crippen LogP contribution in [0.3, 0.4) is 0 Å². The van der Waals surface area contributed by atoms with Crippen LogP contribution in [0.25, 0.3) is 10.9 Å². The second-order valence-electron chi connectivity index (χ2n) is 4.18. The Morgan fingerprint density at radius 3 is 2.88 bits per heavy atom. The van der Waals surface area contributed by atoms with E-state index >= 15 is 0 Å². The zero-order chi connectivity index (χ0) is 11.5. The van der Waals surface area contributed by atoms with E-state index in [-0.39, 0.29) is 6.04 Å². The molecule has 1 aromatic carbocycles. The molecule has 0 bridgehead atoms. The van der Waals surface area contributed by atoms with Gasteiger partial charge in [-0.15, -0.1) is 6.42 Å². The third-order valence-electron chi connectivity index (χ3n) is 2.67. The van der Waals surface area contributed by atoms with Crippen LogP contribution in [0.1, 0.15) is 12.5 Å². The summed E-state index contributed by atoms with van der Waals surface area (Å²) in [5.74, 6) is 2.67. The first-order valence-electron chi connectivity index (χ1n) is 5.48. The van der Waals surface area contributed by atoms with E-state index in [0.29, 0.717) is 6.54 Å². The Morgan fingerprint density at radius 2 is 2.19 bits per heavy atom. The van der Waals surface area contributed by atoms with Gasteiger partial charge in [0.2, 0.25) is 0 Å². The van der Waals surface area contributed by atoms with Gasteiger partial charge in [-0.25, -0.2) is 0 Å². The van der Waals surface area contributed by atoms with Gasteiger partial charge in [-0.05, 0) is 25.0 Å². The van der Waals surface area contributed by atoms with Crippen molar-refractivity contribution >= 4 is 10.9 Å². The molecule has 0 aliphatic carbocycles. The predicted octanol–water partition coefficient (Wildman–Crippen LogP) is 2.16. The molecule has 0 saturated carbocycles. The van der Waals surface area contributed by atoms with Crippen molar-refractivity contribution < 1.29 is 0 Å². The summed E-state index contributed by atoms with van der Waals surface area (Å²) >= 11 is 0. The molecule has 2 aromatic rings. The molecule has 0 aliphatic heterocycles. The van der Waals surface area contributed by atoms with Gasteiger partial charge < -0.3 is 10.3 Å². The lowest BCUT2D eigenvalue weighted by Crippen LogP contribution is -2.17. The minimum Gasteiger partial charge on any atom is -0.336 e. The second kappa shape index (κ2) is 4.42. The van der Waals surface area contributed by atoms with Gasteiger partial charge in [0.15, 0.2) is 0 Å². The summed E-state index contributed by atoms with van der Waals surface area (Å²) in [4.78, 5) is 0. The SMILES string of the molecule is C#CCn1cc(CC(C)N)c2ccccc21. The van der Waals surface area contributed by atoms with E-state index in [0.717, 1.165) is 6.42 Å². The summed E-state index contributed by atoms with van der Waals surface area (Å²) < 4.78 is 2.10. The first-order chi connectivity index (χ1) is 7.72. The lowest BCUT2D eigenvalue weighted by atomic mass is 10.1. The number of terminal acetylenes is 1. The second-order valence-corrected chi connectivity index (χ2v) is 4.18. The van der Waals surface area contributed by atoms with Crippen LogP contribution in [0, 0.1) is 12.3 Å². The Kier molecular flexibility index (Phi) is 2.98. The van der Waals surface area contributed by atoms with Crippen molar-refractivity contribution in [2.75, 3.05) is 0 Å². The maximum Gasteiger partial charge on any atom is 0.0835 e. The van der Waals surface area contributed by atoms with Gasteiger partial charge in [0, 0.05) is 23.1 Å². The van der Waals surface area contributed by atoms with Crippen molar-refractivity contribution in [3.05, 3.63) is 36.0 Å². The van der Waals surface area contributed by atoms with Gasteiger partial charge in [0.25, 0.3) is 0 Å². The number of aromatic nitrogens is 1. The minimum atomic E-state index is 0.171. The maximum absolute atomic E-state index is 5.85. The van der Waals surface area contributed by atoms with Crippen molar-refractivity contribution in [1.29, 1.82) is 0 Å². The number of nitrogens with zero attached hydrogens (tertiary/aromatic N) is 1. The van der Waals surface area contributed by atoms with E-state index in [1.807, 2.05) is 19.1 Å². The highest BCUT2D eigenvalue weighted by molar-refractivity contribution is 5.84. The molecule has 2 rings (SSSR count). The van der Waals surface area contributed by atoms with E-state index in [9.17, 15) is 0 Å². The molecule has 0 radical (unpaired) electrons. The standard InChI is InChI=1S/C14H16N2/c1-3-8-16-10-12(9-11(2)15)13-6-4-5-7-14(13)16/h1,4-7,10-11H,8-9,15H2,2H3. The van der Waals surface area contributed by atoms with Crippen molar-refractivity contribution in [3.8, 4) is 12.3 Å². The Balaban J connectivity index is 2.54. The highest BCUT2D eigenvalue weighted by Crippen LogP contribution is 2.22. The van der Waals surface area contributed by atoms with Crippen LogP contribution in [-0.4, -0.2) is 10.6 Å². The van der Waals surface area contributed by atoms with Gasteiger partial charge in [-0.3, -0.25) is 0 Å². The van der Waals surface area contributed by atoms with Crippen LogP contribution in [0.2, 0.25) is 0 Å². The largest absolute Gasteiger partial charge is 0.336 e. The molecule has 0 amide bonds. The number of rotatable bonds is 3. The smallest absolute Gasteiger partial charge is 0.0835 e. The highest BCUT2D eigenvalue weighted by atomic mass is 14.9. The molecule has 2 nitrogen and oxygen atoms in total. The Hall–Kier alpha value is -1.72. The molecule has 1 unspecified atom stereocenters. The van der Waals surface area contributed by atoms with E-state index < -0.39 is 0 Å². The molecular formula is C14H16N2. The zero-order valence-corrected chi connectivity index (χ0v) is 9.48. The van der Waals surface area contributed by atoms with E-state index in [1.54, 1.807) is 0 Å². The van der Waals surface area contributed by atoms with Crippen LogP contribution in [0.5, 0.6) is 0 Å². The third kappa shape index (κ3) is 1.95. The zero-order valence-electron chi connectivity index (χ0n) is 9.48. The number of fused-ring (bicyclic) bond motifs is 1. The number of nitrogens with two attached hydrogens (primary N) is 1.